The highest BCUT2D eigenvalue weighted by Gasteiger charge is 2.23. The summed E-state index contributed by atoms with van der Waals surface area (Å²) in [5, 5.41) is 12.4. The molecule has 1 amide bonds. The molecule has 0 aliphatic carbocycles. The molecule has 2 N–H and O–H groups in total. The van der Waals surface area contributed by atoms with Gasteiger partial charge in [-0.3, -0.25) is 9.59 Å². The van der Waals surface area contributed by atoms with Crippen molar-refractivity contribution in [2.45, 2.75) is 45.8 Å². The molecule has 0 saturated heterocycles. The molecule has 1 atom stereocenters. The van der Waals surface area contributed by atoms with Crippen LogP contribution in [0.25, 0.3) is 0 Å². The number of para-hydroxylation sites is 1. The van der Waals surface area contributed by atoms with E-state index in [0.717, 1.165) is 16.9 Å². The van der Waals surface area contributed by atoms with Crippen molar-refractivity contribution in [3.8, 4) is 17.2 Å². The molecule has 0 fully saturated rings. The summed E-state index contributed by atoms with van der Waals surface area (Å²) >= 11 is 0. The number of carbonyl (C=O) groups is 2. The Morgan fingerprint density at radius 1 is 0.919 bits per heavy atom. The average Bonchev–Trinajstić information content (AvgIpc) is 2.90. The van der Waals surface area contributed by atoms with Gasteiger partial charge in [0.25, 0.3) is 5.91 Å². The van der Waals surface area contributed by atoms with Gasteiger partial charge in [-0.15, -0.1) is 0 Å². The molecule has 0 aliphatic rings. The summed E-state index contributed by atoms with van der Waals surface area (Å²) in [4.78, 5) is 24.9. The lowest BCUT2D eigenvalue weighted by Gasteiger charge is -2.24. The maximum Gasteiger partial charge on any atom is 0.303 e. The smallest absolute Gasteiger partial charge is 0.303 e. The Morgan fingerprint density at radius 3 is 2.32 bits per heavy atom. The lowest BCUT2D eigenvalue weighted by Crippen LogP contribution is -2.31. The molecule has 3 aromatic carbocycles. The van der Waals surface area contributed by atoms with Gasteiger partial charge in [0.1, 0.15) is 23.9 Å². The lowest BCUT2D eigenvalue weighted by molar-refractivity contribution is -0.136. The zero-order valence-corrected chi connectivity index (χ0v) is 21.8. The van der Waals surface area contributed by atoms with Gasteiger partial charge in [-0.25, -0.2) is 0 Å². The number of nitrogens with one attached hydrogen (secondary N) is 1. The number of carbonyl (C=O) groups excluding carboxylic acids is 1. The number of aliphatic carboxylic acids is 1. The van der Waals surface area contributed by atoms with Crippen molar-refractivity contribution in [3.63, 3.8) is 0 Å². The van der Waals surface area contributed by atoms with E-state index in [4.69, 9.17) is 14.2 Å². The van der Waals surface area contributed by atoms with E-state index < -0.39 is 5.97 Å². The molecule has 3 rings (SSSR count). The summed E-state index contributed by atoms with van der Waals surface area (Å²) in [6, 6.07) is 20.1. The maximum atomic E-state index is 13.7. The highest BCUT2D eigenvalue weighted by atomic mass is 16.5. The quantitative estimate of drug-likeness (QED) is 0.304. The highest BCUT2D eigenvalue weighted by molar-refractivity contribution is 5.96. The van der Waals surface area contributed by atoms with Crippen LogP contribution in [0.1, 0.15) is 59.8 Å². The van der Waals surface area contributed by atoms with Crippen LogP contribution in [0.15, 0.2) is 66.7 Å². The molecule has 3 aromatic rings. The summed E-state index contributed by atoms with van der Waals surface area (Å²) in [7, 11) is 3.19. The summed E-state index contributed by atoms with van der Waals surface area (Å²) in [6.07, 6.45) is 0.852. The normalized spacial score (nSPS) is 11.6. The number of carboxylic acid groups (broad SMARTS) is 1. The lowest BCUT2D eigenvalue weighted by atomic mass is 9.94. The van der Waals surface area contributed by atoms with E-state index in [9.17, 15) is 14.7 Å². The Balaban J connectivity index is 1.92. The second-order valence-electron chi connectivity index (χ2n) is 9.25. The second-order valence-corrected chi connectivity index (χ2v) is 9.25. The first-order chi connectivity index (χ1) is 17.8. The number of rotatable bonds is 13. The standard InChI is InChI=1S/C30H35NO6/c1-20(2)16-27(26-18-24(35-3)13-14-28(26)36-4)31-30(34)25-17-21(10-11-22(25)12-15-29(32)33)19-37-23-8-6-5-7-9-23/h5-11,13-14,17-18,20,27H,12,15-16,19H2,1-4H3,(H,31,34)(H,32,33). The van der Waals surface area contributed by atoms with Crippen molar-refractivity contribution >= 4 is 11.9 Å². The monoisotopic (exact) mass is 505 g/mol. The van der Waals surface area contributed by atoms with Crippen LogP contribution < -0.4 is 19.5 Å². The third kappa shape index (κ3) is 8.00. The fourth-order valence-corrected chi connectivity index (χ4v) is 4.15. The topological polar surface area (TPSA) is 94.1 Å². The number of carboxylic acids is 1. The molecule has 7 nitrogen and oxygen atoms in total. The largest absolute Gasteiger partial charge is 0.497 e. The minimum absolute atomic E-state index is 0.0702. The molecule has 7 heteroatoms. The fraction of sp³-hybridized carbons (Fsp3) is 0.333. The zero-order valence-electron chi connectivity index (χ0n) is 21.8. The van der Waals surface area contributed by atoms with Gasteiger partial charge >= 0.3 is 5.97 Å². The Bertz CT molecular complexity index is 1190. The molecule has 0 bridgehead atoms. The van der Waals surface area contributed by atoms with E-state index in [1.165, 1.54) is 0 Å². The molecule has 0 saturated carbocycles. The molecule has 196 valence electrons. The number of hydrogen-bond donors (Lipinski definition) is 2. The fourth-order valence-electron chi connectivity index (χ4n) is 4.15. The van der Waals surface area contributed by atoms with Gasteiger partial charge in [0.2, 0.25) is 0 Å². The van der Waals surface area contributed by atoms with Crippen molar-refractivity contribution < 1.29 is 28.9 Å². The molecule has 0 spiro atoms. The second kappa shape index (κ2) is 13.3. The van der Waals surface area contributed by atoms with Crippen LogP contribution in [0.5, 0.6) is 17.2 Å². The third-order valence-electron chi connectivity index (χ3n) is 6.00. The van der Waals surface area contributed by atoms with E-state index in [-0.39, 0.29) is 31.4 Å². The van der Waals surface area contributed by atoms with E-state index >= 15 is 0 Å². The first kappa shape index (κ1) is 27.6. The van der Waals surface area contributed by atoms with Gasteiger partial charge in [0, 0.05) is 17.5 Å². The number of ether oxygens (including phenoxy) is 3. The predicted octanol–water partition coefficient (Wildman–Crippen LogP) is 5.82. The Labute approximate surface area is 218 Å². The van der Waals surface area contributed by atoms with Gasteiger partial charge in [0.05, 0.1) is 20.3 Å². The maximum absolute atomic E-state index is 13.7. The molecular formula is C30H35NO6. The van der Waals surface area contributed by atoms with Gasteiger partial charge in [-0.05, 0) is 66.3 Å². The summed E-state index contributed by atoms with van der Waals surface area (Å²) in [6.45, 7) is 4.46. The highest BCUT2D eigenvalue weighted by Crippen LogP contribution is 2.33. The van der Waals surface area contributed by atoms with Crippen molar-refractivity contribution in [1.29, 1.82) is 0 Å². The van der Waals surface area contributed by atoms with E-state index in [0.29, 0.717) is 35.0 Å². The van der Waals surface area contributed by atoms with Crippen LogP contribution in [0, 0.1) is 5.92 Å². The first-order valence-electron chi connectivity index (χ1n) is 12.3. The van der Waals surface area contributed by atoms with Gasteiger partial charge < -0.3 is 24.6 Å². The Kier molecular flexibility index (Phi) is 9.95. The Morgan fingerprint density at radius 2 is 1.68 bits per heavy atom. The van der Waals surface area contributed by atoms with Crippen molar-refractivity contribution in [2.75, 3.05) is 14.2 Å². The van der Waals surface area contributed by atoms with Gasteiger partial charge in [-0.1, -0.05) is 44.2 Å². The minimum Gasteiger partial charge on any atom is -0.497 e. The molecular weight excluding hydrogens is 470 g/mol. The number of benzene rings is 3. The SMILES string of the molecule is COc1ccc(OC)c(C(CC(C)C)NC(=O)c2cc(COc3ccccc3)ccc2CCC(=O)O)c1. The third-order valence-corrected chi connectivity index (χ3v) is 6.00. The van der Waals surface area contributed by atoms with Crippen LogP contribution >= 0.6 is 0 Å². The first-order valence-corrected chi connectivity index (χ1v) is 12.3. The molecule has 0 aliphatic heterocycles. The zero-order chi connectivity index (χ0) is 26.8. The van der Waals surface area contributed by atoms with E-state index in [1.54, 1.807) is 20.3 Å². The number of hydrogen-bond acceptors (Lipinski definition) is 5. The number of amides is 1. The molecule has 37 heavy (non-hydrogen) atoms. The molecule has 0 aromatic heterocycles. The van der Waals surface area contributed by atoms with E-state index in [2.05, 4.69) is 19.2 Å². The van der Waals surface area contributed by atoms with Crippen LogP contribution in [0.4, 0.5) is 0 Å². The molecule has 1 unspecified atom stereocenters. The van der Waals surface area contributed by atoms with Gasteiger partial charge in [0.15, 0.2) is 0 Å². The summed E-state index contributed by atoms with van der Waals surface area (Å²) in [5.74, 6) is 1.15. The van der Waals surface area contributed by atoms with Crippen LogP contribution in [-0.4, -0.2) is 31.2 Å². The van der Waals surface area contributed by atoms with Crippen LogP contribution in [0.3, 0.4) is 0 Å². The predicted molar refractivity (Wildman–Crippen MR) is 142 cm³/mol. The number of methoxy groups -OCH3 is 2. The average molecular weight is 506 g/mol. The summed E-state index contributed by atoms with van der Waals surface area (Å²) in [5.41, 5.74) is 2.74. The van der Waals surface area contributed by atoms with E-state index in [1.807, 2.05) is 60.7 Å². The summed E-state index contributed by atoms with van der Waals surface area (Å²) < 4.78 is 16.9. The van der Waals surface area contributed by atoms with Crippen LogP contribution in [0.2, 0.25) is 0 Å². The number of aryl methyl sites for hydroxylation is 1. The van der Waals surface area contributed by atoms with Gasteiger partial charge in [-0.2, -0.15) is 0 Å². The van der Waals surface area contributed by atoms with Crippen LogP contribution in [-0.2, 0) is 17.8 Å². The van der Waals surface area contributed by atoms with Crippen molar-refractivity contribution in [2.24, 2.45) is 5.92 Å². The van der Waals surface area contributed by atoms with Crippen molar-refractivity contribution in [1.82, 2.24) is 5.32 Å². The Hall–Kier alpha value is -4.00. The molecule has 0 radical (unpaired) electrons. The molecule has 0 heterocycles. The minimum atomic E-state index is -0.915. The van der Waals surface area contributed by atoms with Crippen molar-refractivity contribution in [3.05, 3.63) is 89.0 Å².